The molecular weight excluding hydrogens is 315 g/mol. The molecule has 5 rings (SSSR count). The van der Waals surface area contributed by atoms with Gasteiger partial charge in [-0.15, -0.1) is 0 Å². The number of thiocarbonyl (C=S) groups is 1. The number of rotatable bonds is 0. The van der Waals surface area contributed by atoms with Gasteiger partial charge in [0.1, 0.15) is 0 Å². The molecule has 0 aromatic rings. The largest absolute Gasteiger partial charge is 0.438 e. The number of nitrogens with two attached hydrogens (primary N) is 1. The zero-order valence-electron chi connectivity index (χ0n) is 12.1. The van der Waals surface area contributed by atoms with Crippen molar-refractivity contribution in [3.05, 3.63) is 0 Å². The van der Waals surface area contributed by atoms with Crippen molar-refractivity contribution in [2.24, 2.45) is 29.4 Å². The molecule has 0 aromatic heterocycles. The topological polar surface area (TPSA) is 61.5 Å². The lowest BCUT2D eigenvalue weighted by molar-refractivity contribution is -0.297. The minimum atomic E-state index is -4.80. The van der Waals surface area contributed by atoms with E-state index in [9.17, 15) is 18.3 Å². The first-order valence-corrected chi connectivity index (χ1v) is 8.23. The Labute approximate surface area is 132 Å². The van der Waals surface area contributed by atoms with Gasteiger partial charge in [-0.2, -0.15) is 13.2 Å². The monoisotopic (exact) mass is 335 g/mol. The van der Waals surface area contributed by atoms with Crippen molar-refractivity contribution in [3.8, 4) is 0 Å². The first kappa shape index (κ1) is 15.0. The predicted octanol–water partition coefficient (Wildman–Crippen LogP) is 1.89. The van der Waals surface area contributed by atoms with Crippen LogP contribution in [0.15, 0.2) is 0 Å². The Morgan fingerprint density at radius 2 is 1.64 bits per heavy atom. The summed E-state index contributed by atoms with van der Waals surface area (Å²) in [5.74, 6) is 1.59. The average Bonchev–Trinajstić information content (AvgIpc) is 2.71. The Balaban J connectivity index is 1.74. The van der Waals surface area contributed by atoms with Crippen molar-refractivity contribution in [2.75, 3.05) is 0 Å². The Morgan fingerprint density at radius 3 is 2.00 bits per heavy atom. The molecular formula is C14H20F3N3OS. The number of hydrogen-bond donors (Lipinski definition) is 3. The summed E-state index contributed by atoms with van der Waals surface area (Å²) in [7, 11) is 0. The molecule has 1 saturated heterocycles. The van der Waals surface area contributed by atoms with Crippen LogP contribution in [0.1, 0.15) is 38.5 Å². The first-order chi connectivity index (χ1) is 10.2. The van der Waals surface area contributed by atoms with Crippen molar-refractivity contribution in [3.63, 3.8) is 0 Å². The molecule has 124 valence electrons. The molecule has 1 atom stereocenters. The van der Waals surface area contributed by atoms with Gasteiger partial charge in [0.25, 0.3) is 5.72 Å². The van der Waals surface area contributed by atoms with E-state index in [0.717, 1.165) is 25.7 Å². The second-order valence-electron chi connectivity index (χ2n) is 7.62. The maximum Gasteiger partial charge on any atom is 0.438 e. The zero-order valence-corrected chi connectivity index (χ0v) is 12.9. The summed E-state index contributed by atoms with van der Waals surface area (Å²) < 4.78 is 40.5. The van der Waals surface area contributed by atoms with E-state index in [4.69, 9.17) is 18.0 Å². The Morgan fingerprint density at radius 1 is 1.14 bits per heavy atom. The van der Waals surface area contributed by atoms with Gasteiger partial charge in [0.05, 0.1) is 0 Å². The first-order valence-electron chi connectivity index (χ1n) is 7.82. The van der Waals surface area contributed by atoms with Crippen LogP contribution in [0.5, 0.6) is 0 Å². The van der Waals surface area contributed by atoms with Crippen LogP contribution in [0.3, 0.4) is 0 Å². The van der Waals surface area contributed by atoms with Crippen LogP contribution in [-0.4, -0.2) is 32.7 Å². The van der Waals surface area contributed by atoms with Crippen LogP contribution in [0.4, 0.5) is 13.2 Å². The molecule has 22 heavy (non-hydrogen) atoms. The molecule has 1 heterocycles. The molecule has 5 fully saturated rings. The maximum absolute atomic E-state index is 13.5. The lowest BCUT2D eigenvalue weighted by Crippen LogP contribution is -2.65. The Kier molecular flexibility index (Phi) is 2.90. The van der Waals surface area contributed by atoms with Crippen molar-refractivity contribution in [1.82, 2.24) is 10.4 Å². The summed E-state index contributed by atoms with van der Waals surface area (Å²) in [6.07, 6.45) is -0.195. The van der Waals surface area contributed by atoms with Crippen LogP contribution < -0.4 is 11.2 Å². The molecule has 8 heteroatoms. The van der Waals surface area contributed by atoms with Crippen LogP contribution in [0.25, 0.3) is 0 Å². The van der Waals surface area contributed by atoms with E-state index in [1.165, 1.54) is 6.42 Å². The summed E-state index contributed by atoms with van der Waals surface area (Å²) in [4.78, 5) is 0. The van der Waals surface area contributed by atoms with E-state index in [1.807, 2.05) is 0 Å². The summed E-state index contributed by atoms with van der Waals surface area (Å²) in [5, 5.41) is 10.5. The number of hydrazine groups is 1. The molecule has 4 N–H and O–H groups in total. The summed E-state index contributed by atoms with van der Waals surface area (Å²) in [6, 6.07) is 0. The normalized spacial score (nSPS) is 50.1. The predicted molar refractivity (Wildman–Crippen MR) is 77.2 cm³/mol. The quantitative estimate of drug-likeness (QED) is 0.590. The molecule has 0 radical (unpaired) electrons. The highest BCUT2D eigenvalue weighted by atomic mass is 32.1. The molecule has 1 aliphatic heterocycles. The van der Waals surface area contributed by atoms with Gasteiger partial charge in [-0.25, -0.2) is 10.4 Å². The highest BCUT2D eigenvalue weighted by molar-refractivity contribution is 7.80. The van der Waals surface area contributed by atoms with Gasteiger partial charge < -0.3 is 10.8 Å². The van der Waals surface area contributed by atoms with Crippen molar-refractivity contribution in [2.45, 2.75) is 56.0 Å². The lowest BCUT2D eigenvalue weighted by Gasteiger charge is -2.60. The van der Waals surface area contributed by atoms with Gasteiger partial charge in [-0.1, -0.05) is 0 Å². The number of hydrogen-bond acceptors (Lipinski definition) is 3. The lowest BCUT2D eigenvalue weighted by atomic mass is 9.48. The molecule has 4 nitrogen and oxygen atoms in total. The Bertz CT molecular complexity index is 498. The van der Waals surface area contributed by atoms with E-state index in [2.05, 4.69) is 5.43 Å². The van der Waals surface area contributed by atoms with E-state index in [0.29, 0.717) is 16.8 Å². The molecule has 5 aliphatic rings. The van der Waals surface area contributed by atoms with Crippen molar-refractivity contribution >= 4 is 17.3 Å². The fraction of sp³-hybridized carbons (Fsp3) is 0.929. The van der Waals surface area contributed by atoms with E-state index in [-0.39, 0.29) is 18.3 Å². The fourth-order valence-electron chi connectivity index (χ4n) is 5.79. The summed E-state index contributed by atoms with van der Waals surface area (Å²) in [5.41, 5.74) is 4.70. The molecule has 0 aromatic carbocycles. The zero-order chi connectivity index (χ0) is 15.9. The minimum Gasteiger partial charge on any atom is -0.375 e. The highest BCUT2D eigenvalue weighted by Crippen LogP contribution is 2.63. The molecule has 0 unspecified atom stereocenters. The van der Waals surface area contributed by atoms with Gasteiger partial charge in [-0.05, 0) is 68.0 Å². The van der Waals surface area contributed by atoms with E-state index >= 15 is 0 Å². The molecule has 0 amide bonds. The van der Waals surface area contributed by atoms with Gasteiger partial charge >= 0.3 is 6.18 Å². The number of aliphatic hydroxyl groups is 1. The van der Waals surface area contributed by atoms with Crippen LogP contribution in [0.2, 0.25) is 0 Å². The van der Waals surface area contributed by atoms with Crippen LogP contribution >= 0.6 is 12.2 Å². The number of halogens is 3. The third-order valence-corrected chi connectivity index (χ3v) is 6.68. The van der Waals surface area contributed by atoms with Gasteiger partial charge in [-0.3, -0.25) is 0 Å². The van der Waals surface area contributed by atoms with Crippen LogP contribution in [0, 0.1) is 23.7 Å². The van der Waals surface area contributed by atoms with Crippen LogP contribution in [-0.2, 0) is 0 Å². The third-order valence-electron chi connectivity index (χ3n) is 6.50. The smallest absolute Gasteiger partial charge is 0.375 e. The molecule has 4 aliphatic carbocycles. The van der Waals surface area contributed by atoms with Gasteiger partial charge in [0.15, 0.2) is 5.11 Å². The molecule has 4 saturated carbocycles. The second kappa shape index (κ2) is 4.27. The van der Waals surface area contributed by atoms with Gasteiger partial charge in [0, 0.05) is 12.0 Å². The van der Waals surface area contributed by atoms with Crippen molar-refractivity contribution in [1.29, 1.82) is 0 Å². The van der Waals surface area contributed by atoms with Gasteiger partial charge in [0.2, 0.25) is 0 Å². The fourth-order valence-corrected chi connectivity index (χ4v) is 5.98. The summed E-state index contributed by atoms with van der Waals surface area (Å²) >= 11 is 4.77. The summed E-state index contributed by atoms with van der Waals surface area (Å²) in [6.45, 7) is 0. The number of nitrogens with zero attached hydrogens (tertiary/aromatic N) is 1. The molecule has 4 bridgehead atoms. The SMILES string of the molecule is NC(=S)N1NC2(C[C@]1(O)C(F)(F)F)C1CC3CC(C1)CC2C3. The van der Waals surface area contributed by atoms with E-state index < -0.39 is 22.6 Å². The minimum absolute atomic E-state index is 0.164. The maximum atomic E-state index is 13.5. The van der Waals surface area contributed by atoms with Crippen molar-refractivity contribution < 1.29 is 18.3 Å². The molecule has 1 spiro atoms. The number of alkyl halides is 3. The third kappa shape index (κ3) is 1.74. The second-order valence-corrected chi connectivity index (χ2v) is 8.04. The highest BCUT2D eigenvalue weighted by Gasteiger charge is 2.72. The Hall–Kier alpha value is -0.600. The number of nitrogens with one attached hydrogen (secondary N) is 1. The standard InChI is InChI=1S/C14H20F3N3OS/c15-14(16,17)13(21)6-12(19-20(13)11(18)22)9-2-7-1-8(4-9)5-10(12)3-7/h7-10,19,21H,1-6H2,(H2,18,22)/t7?,8?,9?,10?,12?,13-/m0/s1. The van der Waals surface area contributed by atoms with E-state index in [1.54, 1.807) is 0 Å². The average molecular weight is 335 g/mol.